The maximum atomic E-state index is 4.64. The van der Waals surface area contributed by atoms with Crippen molar-refractivity contribution >= 4 is 17.0 Å². The second-order valence-corrected chi connectivity index (χ2v) is 4.67. The molecule has 2 N–H and O–H groups in total. The van der Waals surface area contributed by atoms with Gasteiger partial charge in [-0.15, -0.1) is 0 Å². The zero-order chi connectivity index (χ0) is 11.7. The van der Waals surface area contributed by atoms with E-state index in [1.165, 1.54) is 12.8 Å². The summed E-state index contributed by atoms with van der Waals surface area (Å²) in [6.45, 7) is 2.21. The summed E-state index contributed by atoms with van der Waals surface area (Å²) >= 11 is 0. The number of piperidine rings is 1. The van der Waals surface area contributed by atoms with Gasteiger partial charge in [0.25, 0.3) is 0 Å². The van der Waals surface area contributed by atoms with Gasteiger partial charge in [-0.3, -0.25) is 0 Å². The molecule has 1 aromatic heterocycles. The Hall–Kier alpha value is -1.55. The van der Waals surface area contributed by atoms with Crippen LogP contribution in [0.2, 0.25) is 0 Å². The predicted molar refractivity (Wildman–Crippen MR) is 70.4 cm³/mol. The molecule has 4 heteroatoms. The molecule has 1 aromatic carbocycles. The van der Waals surface area contributed by atoms with Crippen molar-refractivity contribution in [3.05, 3.63) is 24.3 Å². The summed E-state index contributed by atoms with van der Waals surface area (Å²) < 4.78 is 0. The Morgan fingerprint density at radius 3 is 2.76 bits per heavy atom. The van der Waals surface area contributed by atoms with Crippen LogP contribution >= 0.6 is 0 Å². The number of aromatic amines is 1. The van der Waals surface area contributed by atoms with Gasteiger partial charge in [0, 0.05) is 13.1 Å². The summed E-state index contributed by atoms with van der Waals surface area (Å²) in [6.07, 6.45) is 2.38. The fourth-order valence-corrected chi connectivity index (χ4v) is 2.47. The molecule has 0 saturated carbocycles. The highest BCUT2D eigenvalue weighted by Gasteiger charge is 2.19. The maximum Gasteiger partial charge on any atom is 0.203 e. The Labute approximate surface area is 101 Å². The maximum absolute atomic E-state index is 4.64. The van der Waals surface area contributed by atoms with Crippen molar-refractivity contribution in [1.82, 2.24) is 15.3 Å². The molecular formula is C13H18N4. The summed E-state index contributed by atoms with van der Waals surface area (Å²) in [5.74, 6) is 0.984. The van der Waals surface area contributed by atoms with Gasteiger partial charge in [-0.25, -0.2) is 4.98 Å². The highest BCUT2D eigenvalue weighted by molar-refractivity contribution is 5.77. The van der Waals surface area contributed by atoms with Gasteiger partial charge in [0.05, 0.1) is 11.0 Å². The van der Waals surface area contributed by atoms with Gasteiger partial charge in [0.2, 0.25) is 5.95 Å². The van der Waals surface area contributed by atoms with Gasteiger partial charge in [-0.2, -0.15) is 0 Å². The Kier molecular flexibility index (Phi) is 2.73. The third kappa shape index (κ3) is 2.00. The van der Waals surface area contributed by atoms with Crippen LogP contribution in [0.5, 0.6) is 0 Å². The third-order valence-electron chi connectivity index (χ3n) is 3.57. The zero-order valence-electron chi connectivity index (χ0n) is 10.1. The van der Waals surface area contributed by atoms with Crippen molar-refractivity contribution in [2.24, 2.45) is 0 Å². The van der Waals surface area contributed by atoms with Crippen LogP contribution in [-0.2, 0) is 0 Å². The van der Waals surface area contributed by atoms with Crippen LogP contribution in [0.3, 0.4) is 0 Å². The number of anilines is 1. The molecule has 90 valence electrons. The van der Waals surface area contributed by atoms with E-state index in [-0.39, 0.29) is 0 Å². The number of aromatic nitrogens is 2. The molecule has 2 aromatic rings. The number of fused-ring (bicyclic) bond motifs is 1. The number of para-hydroxylation sites is 2. The van der Waals surface area contributed by atoms with E-state index in [9.17, 15) is 0 Å². The summed E-state index contributed by atoms with van der Waals surface area (Å²) in [5.41, 5.74) is 2.16. The molecule has 0 bridgehead atoms. The van der Waals surface area contributed by atoms with Gasteiger partial charge >= 0.3 is 0 Å². The molecule has 0 unspecified atom stereocenters. The highest BCUT2D eigenvalue weighted by atomic mass is 15.3. The number of rotatable bonds is 2. The standard InChI is InChI=1S/C13H18N4/c1-17(10-6-8-14-9-7-10)13-15-11-4-2-3-5-12(11)16-13/h2-5,10,14H,6-9H2,1H3,(H,15,16). The Morgan fingerprint density at radius 1 is 1.24 bits per heavy atom. The molecule has 2 heterocycles. The number of nitrogens with zero attached hydrogens (tertiary/aromatic N) is 2. The summed E-state index contributed by atoms with van der Waals surface area (Å²) in [7, 11) is 2.13. The van der Waals surface area contributed by atoms with Crippen LogP contribution in [-0.4, -0.2) is 36.1 Å². The first-order valence-electron chi connectivity index (χ1n) is 6.23. The number of H-pyrrole nitrogens is 1. The van der Waals surface area contributed by atoms with E-state index in [1.807, 2.05) is 18.2 Å². The van der Waals surface area contributed by atoms with Gasteiger partial charge in [0.15, 0.2) is 0 Å². The molecule has 1 fully saturated rings. The average Bonchev–Trinajstić information content (AvgIpc) is 2.82. The van der Waals surface area contributed by atoms with Crippen molar-refractivity contribution in [2.45, 2.75) is 18.9 Å². The number of benzene rings is 1. The minimum atomic E-state index is 0.594. The monoisotopic (exact) mass is 230 g/mol. The second-order valence-electron chi connectivity index (χ2n) is 4.67. The minimum Gasteiger partial charge on any atom is -0.342 e. The lowest BCUT2D eigenvalue weighted by atomic mass is 10.1. The van der Waals surface area contributed by atoms with Crippen molar-refractivity contribution in [3.8, 4) is 0 Å². The van der Waals surface area contributed by atoms with E-state index in [4.69, 9.17) is 0 Å². The van der Waals surface area contributed by atoms with Crippen LogP contribution in [0.15, 0.2) is 24.3 Å². The fourth-order valence-electron chi connectivity index (χ4n) is 2.47. The first-order chi connectivity index (χ1) is 8.34. The number of hydrogen-bond donors (Lipinski definition) is 2. The molecule has 4 nitrogen and oxygen atoms in total. The van der Waals surface area contributed by atoms with Crippen LogP contribution in [0.25, 0.3) is 11.0 Å². The van der Waals surface area contributed by atoms with Crippen LogP contribution in [0.4, 0.5) is 5.95 Å². The first kappa shape index (κ1) is 10.6. The molecule has 0 aliphatic carbocycles. The van der Waals surface area contributed by atoms with Crippen molar-refractivity contribution in [2.75, 3.05) is 25.0 Å². The predicted octanol–water partition coefficient (Wildman–Crippen LogP) is 1.75. The lowest BCUT2D eigenvalue weighted by Gasteiger charge is -2.31. The van der Waals surface area contributed by atoms with E-state index >= 15 is 0 Å². The smallest absolute Gasteiger partial charge is 0.203 e. The molecular weight excluding hydrogens is 212 g/mol. The van der Waals surface area contributed by atoms with E-state index in [1.54, 1.807) is 0 Å². The van der Waals surface area contributed by atoms with Gasteiger partial charge in [-0.05, 0) is 38.1 Å². The first-order valence-corrected chi connectivity index (χ1v) is 6.23. The molecule has 0 amide bonds. The zero-order valence-corrected chi connectivity index (χ0v) is 10.1. The quantitative estimate of drug-likeness (QED) is 0.826. The normalized spacial score (nSPS) is 17.5. The lowest BCUT2D eigenvalue weighted by molar-refractivity contribution is 0.440. The van der Waals surface area contributed by atoms with Crippen molar-refractivity contribution in [3.63, 3.8) is 0 Å². The van der Waals surface area contributed by atoms with Crippen molar-refractivity contribution < 1.29 is 0 Å². The Bertz CT molecular complexity index is 466. The Balaban J connectivity index is 1.86. The molecule has 0 atom stereocenters. The van der Waals surface area contributed by atoms with Crippen LogP contribution in [0, 0.1) is 0 Å². The molecule has 1 aliphatic heterocycles. The topological polar surface area (TPSA) is 44.0 Å². The third-order valence-corrected chi connectivity index (χ3v) is 3.57. The van der Waals surface area contributed by atoms with Gasteiger partial charge in [-0.1, -0.05) is 12.1 Å². The van der Waals surface area contributed by atoms with Crippen molar-refractivity contribution in [1.29, 1.82) is 0 Å². The lowest BCUT2D eigenvalue weighted by Crippen LogP contribution is -2.41. The summed E-state index contributed by atoms with van der Waals surface area (Å²) in [5, 5.41) is 3.39. The van der Waals surface area contributed by atoms with Gasteiger partial charge in [0.1, 0.15) is 0 Å². The fraction of sp³-hybridized carbons (Fsp3) is 0.462. The van der Waals surface area contributed by atoms with E-state index in [2.05, 4.69) is 33.3 Å². The molecule has 3 rings (SSSR count). The minimum absolute atomic E-state index is 0.594. The van der Waals surface area contributed by atoms with E-state index in [0.717, 1.165) is 30.1 Å². The Morgan fingerprint density at radius 2 is 2.00 bits per heavy atom. The van der Waals surface area contributed by atoms with Crippen LogP contribution < -0.4 is 10.2 Å². The SMILES string of the molecule is CN(c1nc2ccccc2[nH]1)C1CCNCC1. The average molecular weight is 230 g/mol. The largest absolute Gasteiger partial charge is 0.342 e. The number of imidazole rings is 1. The molecule has 1 aliphatic rings. The second kappa shape index (κ2) is 4.37. The highest BCUT2D eigenvalue weighted by Crippen LogP contribution is 2.20. The number of hydrogen-bond acceptors (Lipinski definition) is 3. The van der Waals surface area contributed by atoms with E-state index in [0.29, 0.717) is 6.04 Å². The molecule has 1 saturated heterocycles. The van der Waals surface area contributed by atoms with E-state index < -0.39 is 0 Å². The summed E-state index contributed by atoms with van der Waals surface area (Å²) in [4.78, 5) is 10.3. The summed E-state index contributed by atoms with van der Waals surface area (Å²) in [6, 6.07) is 8.77. The van der Waals surface area contributed by atoms with Gasteiger partial charge < -0.3 is 15.2 Å². The molecule has 0 spiro atoms. The molecule has 17 heavy (non-hydrogen) atoms. The molecule has 0 radical (unpaired) electrons. The number of nitrogens with one attached hydrogen (secondary N) is 2. The van der Waals surface area contributed by atoms with Crippen LogP contribution in [0.1, 0.15) is 12.8 Å².